The minimum atomic E-state index is -0.461. The van der Waals surface area contributed by atoms with Crippen molar-refractivity contribution in [1.29, 1.82) is 0 Å². The maximum Gasteiger partial charge on any atom is 0.237 e. The summed E-state index contributed by atoms with van der Waals surface area (Å²) in [4.78, 5) is 24.3. The molecule has 2 N–H and O–H groups in total. The van der Waals surface area contributed by atoms with Crippen LogP contribution in [0.25, 0.3) is 16.8 Å². The summed E-state index contributed by atoms with van der Waals surface area (Å²) in [5.74, 6) is -0.329. The number of anilines is 2. The van der Waals surface area contributed by atoms with Crippen molar-refractivity contribution in [3.8, 4) is 16.8 Å². The average Bonchev–Trinajstić information content (AvgIpc) is 3.28. The van der Waals surface area contributed by atoms with Crippen molar-refractivity contribution in [1.82, 2.24) is 20.2 Å². The van der Waals surface area contributed by atoms with Crippen molar-refractivity contribution in [2.45, 2.75) is 24.3 Å². The van der Waals surface area contributed by atoms with E-state index in [-0.39, 0.29) is 11.8 Å². The Morgan fingerprint density at radius 2 is 1.70 bits per heavy atom. The molecule has 0 aliphatic rings. The molecule has 9 heteroatoms. The van der Waals surface area contributed by atoms with Crippen LogP contribution in [0.3, 0.4) is 0 Å². The summed E-state index contributed by atoms with van der Waals surface area (Å²) in [5.41, 5.74) is 4.02. The van der Waals surface area contributed by atoms with Crippen LogP contribution in [-0.2, 0) is 9.59 Å². The molecule has 4 rings (SSSR count). The molecule has 0 saturated carbocycles. The van der Waals surface area contributed by atoms with E-state index in [0.29, 0.717) is 16.5 Å². The van der Waals surface area contributed by atoms with Crippen molar-refractivity contribution in [2.24, 2.45) is 0 Å². The number of benzene rings is 3. The van der Waals surface area contributed by atoms with Crippen LogP contribution in [0, 0.1) is 0 Å². The van der Waals surface area contributed by atoms with Gasteiger partial charge in [0.05, 0.1) is 10.9 Å². The maximum absolute atomic E-state index is 13.0. The van der Waals surface area contributed by atoms with Gasteiger partial charge in [0.2, 0.25) is 17.0 Å². The fraction of sp³-hybridized carbons (Fsp3) is 0.125. The first kappa shape index (κ1) is 22.2. The number of carbonyl (C=O) groups is 2. The van der Waals surface area contributed by atoms with E-state index in [1.165, 1.54) is 23.4 Å². The number of tetrazole rings is 1. The van der Waals surface area contributed by atoms with Crippen molar-refractivity contribution in [3.63, 3.8) is 0 Å². The molecule has 1 unspecified atom stereocenters. The van der Waals surface area contributed by atoms with Gasteiger partial charge in [-0.1, -0.05) is 66.4 Å². The van der Waals surface area contributed by atoms with Crippen LogP contribution >= 0.6 is 11.8 Å². The van der Waals surface area contributed by atoms with Crippen LogP contribution in [0.1, 0.15) is 13.8 Å². The second kappa shape index (κ2) is 10.1. The molecule has 0 aliphatic carbocycles. The number of para-hydroxylation sites is 1. The van der Waals surface area contributed by atoms with Crippen LogP contribution in [0.4, 0.5) is 11.4 Å². The van der Waals surface area contributed by atoms with E-state index in [2.05, 4.69) is 26.2 Å². The standard InChI is InChI=1S/C24H22N6O2S/c1-16(23(32)26-22-14-7-6-13-21(22)18-9-4-3-5-10-18)33-24-27-28-29-30(24)20-12-8-11-19(15-20)25-17(2)31/h3-16H,1-2H3,(H,25,31)(H,26,32). The van der Waals surface area contributed by atoms with Crippen molar-refractivity contribution < 1.29 is 9.59 Å². The smallest absolute Gasteiger partial charge is 0.237 e. The highest BCUT2D eigenvalue weighted by molar-refractivity contribution is 8.00. The molecule has 0 spiro atoms. The predicted molar refractivity (Wildman–Crippen MR) is 129 cm³/mol. The van der Waals surface area contributed by atoms with Gasteiger partial charge in [-0.2, -0.15) is 4.68 Å². The third kappa shape index (κ3) is 5.45. The highest BCUT2D eigenvalue weighted by atomic mass is 32.2. The van der Waals surface area contributed by atoms with Gasteiger partial charge in [-0.3, -0.25) is 9.59 Å². The minimum Gasteiger partial charge on any atom is -0.326 e. The molecule has 3 aromatic carbocycles. The van der Waals surface area contributed by atoms with Gasteiger partial charge in [0.25, 0.3) is 0 Å². The Kier molecular flexibility index (Phi) is 6.80. The Morgan fingerprint density at radius 3 is 2.48 bits per heavy atom. The maximum atomic E-state index is 13.0. The van der Waals surface area contributed by atoms with Crippen molar-refractivity contribution in [2.75, 3.05) is 10.6 Å². The molecular formula is C24H22N6O2S. The van der Waals surface area contributed by atoms with Gasteiger partial charge in [0.1, 0.15) is 0 Å². The zero-order chi connectivity index (χ0) is 23.2. The Bertz CT molecular complexity index is 1270. The van der Waals surface area contributed by atoms with E-state index < -0.39 is 5.25 Å². The van der Waals surface area contributed by atoms with E-state index in [1.54, 1.807) is 25.1 Å². The summed E-state index contributed by atoms with van der Waals surface area (Å²) in [6.45, 7) is 3.25. The van der Waals surface area contributed by atoms with E-state index >= 15 is 0 Å². The highest BCUT2D eigenvalue weighted by Crippen LogP contribution is 2.29. The lowest BCUT2D eigenvalue weighted by Gasteiger charge is -2.15. The van der Waals surface area contributed by atoms with Crippen LogP contribution in [0.15, 0.2) is 84.0 Å². The first-order chi connectivity index (χ1) is 16.0. The lowest BCUT2D eigenvalue weighted by molar-refractivity contribution is -0.115. The number of thioether (sulfide) groups is 1. The van der Waals surface area contributed by atoms with Gasteiger partial charge in [-0.15, -0.1) is 5.10 Å². The summed E-state index contributed by atoms with van der Waals surface area (Å²) in [7, 11) is 0. The molecule has 1 aromatic heterocycles. The third-order valence-corrected chi connectivity index (χ3v) is 5.81. The molecule has 2 amide bonds. The summed E-state index contributed by atoms with van der Waals surface area (Å²) >= 11 is 1.25. The predicted octanol–water partition coefficient (Wildman–Crippen LogP) is 4.41. The van der Waals surface area contributed by atoms with Crippen LogP contribution < -0.4 is 10.6 Å². The molecule has 0 radical (unpaired) electrons. The number of rotatable bonds is 7. The van der Waals surface area contributed by atoms with Gasteiger partial charge < -0.3 is 10.6 Å². The molecule has 166 valence electrons. The van der Waals surface area contributed by atoms with Crippen molar-refractivity contribution in [3.05, 3.63) is 78.9 Å². The molecule has 33 heavy (non-hydrogen) atoms. The second-order valence-corrected chi connectivity index (χ2v) is 8.57. The fourth-order valence-electron chi connectivity index (χ4n) is 3.24. The Balaban J connectivity index is 1.50. The Morgan fingerprint density at radius 1 is 0.939 bits per heavy atom. The van der Waals surface area contributed by atoms with Gasteiger partial charge in [0.15, 0.2) is 0 Å². The first-order valence-electron chi connectivity index (χ1n) is 10.3. The molecular weight excluding hydrogens is 436 g/mol. The molecule has 1 atom stereocenters. The third-order valence-electron chi connectivity index (χ3n) is 4.77. The summed E-state index contributed by atoms with van der Waals surface area (Å²) < 4.78 is 1.54. The number of nitrogens with zero attached hydrogens (tertiary/aromatic N) is 4. The van der Waals surface area contributed by atoms with Crippen LogP contribution in [0.5, 0.6) is 0 Å². The lowest BCUT2D eigenvalue weighted by atomic mass is 10.0. The van der Waals surface area contributed by atoms with Crippen LogP contribution in [0.2, 0.25) is 0 Å². The number of nitrogens with one attached hydrogen (secondary N) is 2. The van der Waals surface area contributed by atoms with E-state index in [0.717, 1.165) is 16.8 Å². The molecule has 4 aromatic rings. The number of aromatic nitrogens is 4. The molecule has 0 aliphatic heterocycles. The number of hydrogen-bond acceptors (Lipinski definition) is 6. The monoisotopic (exact) mass is 458 g/mol. The Hall–Kier alpha value is -3.98. The first-order valence-corrected chi connectivity index (χ1v) is 11.2. The molecule has 0 saturated heterocycles. The summed E-state index contributed by atoms with van der Waals surface area (Å²) in [6, 6.07) is 24.8. The summed E-state index contributed by atoms with van der Waals surface area (Å²) in [6.07, 6.45) is 0. The largest absolute Gasteiger partial charge is 0.326 e. The molecule has 0 fully saturated rings. The van der Waals surface area contributed by atoms with Crippen molar-refractivity contribution >= 4 is 35.0 Å². The fourth-order valence-corrected chi connectivity index (χ4v) is 4.05. The normalized spacial score (nSPS) is 11.6. The van der Waals surface area contributed by atoms with E-state index in [9.17, 15) is 9.59 Å². The Labute approximate surface area is 195 Å². The van der Waals surface area contributed by atoms with E-state index in [4.69, 9.17) is 0 Å². The summed E-state index contributed by atoms with van der Waals surface area (Å²) in [5, 5.41) is 17.7. The van der Waals surface area contributed by atoms with Gasteiger partial charge in [-0.25, -0.2) is 0 Å². The number of carbonyl (C=O) groups excluding carboxylic acids is 2. The topological polar surface area (TPSA) is 102 Å². The van der Waals surface area contributed by atoms with Gasteiger partial charge in [-0.05, 0) is 47.2 Å². The number of hydrogen-bond donors (Lipinski definition) is 2. The average molecular weight is 459 g/mol. The molecule has 8 nitrogen and oxygen atoms in total. The SMILES string of the molecule is CC(=O)Nc1cccc(-n2nnnc2SC(C)C(=O)Nc2ccccc2-c2ccccc2)c1. The minimum absolute atomic E-state index is 0.162. The lowest BCUT2D eigenvalue weighted by Crippen LogP contribution is -2.23. The zero-order valence-corrected chi connectivity index (χ0v) is 18.9. The zero-order valence-electron chi connectivity index (χ0n) is 18.1. The molecule has 0 bridgehead atoms. The number of amides is 2. The highest BCUT2D eigenvalue weighted by Gasteiger charge is 2.20. The second-order valence-electron chi connectivity index (χ2n) is 7.27. The quantitative estimate of drug-likeness (QED) is 0.398. The molecule has 1 heterocycles. The van der Waals surface area contributed by atoms with Gasteiger partial charge in [0, 0.05) is 23.9 Å². The van der Waals surface area contributed by atoms with Crippen LogP contribution in [-0.4, -0.2) is 37.3 Å². The van der Waals surface area contributed by atoms with E-state index in [1.807, 2.05) is 60.7 Å². The van der Waals surface area contributed by atoms with Gasteiger partial charge >= 0.3 is 0 Å².